The van der Waals surface area contributed by atoms with Crippen LogP contribution in [-0.2, 0) is 26.4 Å². The van der Waals surface area contributed by atoms with Crippen molar-refractivity contribution in [1.29, 1.82) is 0 Å². The summed E-state index contributed by atoms with van der Waals surface area (Å²) in [5, 5.41) is 0. The first-order valence-electron chi connectivity index (χ1n) is 8.80. The fourth-order valence-electron chi connectivity index (χ4n) is 2.36. The monoisotopic (exact) mass is 417 g/mol. The lowest BCUT2D eigenvalue weighted by Gasteiger charge is -2.15. The van der Waals surface area contributed by atoms with Crippen LogP contribution in [0.1, 0.15) is 37.0 Å². The highest BCUT2D eigenvalue weighted by molar-refractivity contribution is 7.84. The maximum atomic E-state index is 11.9. The van der Waals surface area contributed by atoms with Gasteiger partial charge in [0.25, 0.3) is 12.6 Å². The zero-order valence-electron chi connectivity index (χ0n) is 17.1. The quantitative estimate of drug-likeness (QED) is 0.366. The molecule has 160 valence electrons. The normalized spacial score (nSPS) is 12.0. The molecule has 0 aromatic carbocycles. The van der Waals surface area contributed by atoms with Gasteiger partial charge in [0, 0.05) is 32.8 Å². The number of hydrogen-bond acceptors (Lipinski definition) is 7. The van der Waals surface area contributed by atoms with Crippen LogP contribution in [0.2, 0.25) is 0 Å². The van der Waals surface area contributed by atoms with Crippen LogP contribution >= 0.6 is 0 Å². The van der Waals surface area contributed by atoms with E-state index in [2.05, 4.69) is 13.8 Å². The third-order valence-corrected chi connectivity index (χ3v) is 3.48. The van der Waals surface area contributed by atoms with E-state index in [-0.39, 0.29) is 24.5 Å². The minimum absolute atomic E-state index is 0.0896. The topological polar surface area (TPSA) is 134 Å². The summed E-state index contributed by atoms with van der Waals surface area (Å²) in [7, 11) is -0.525. The lowest BCUT2D eigenvalue weighted by Crippen LogP contribution is -2.37. The number of carbonyl (C=O) groups excluding carboxylic acids is 2. The molecule has 0 aliphatic heterocycles. The van der Waals surface area contributed by atoms with E-state index in [1.807, 2.05) is 0 Å². The van der Waals surface area contributed by atoms with E-state index >= 15 is 0 Å². The molecule has 9 nitrogen and oxygen atoms in total. The molecule has 0 spiro atoms. The van der Waals surface area contributed by atoms with E-state index in [9.17, 15) is 9.59 Å². The summed E-state index contributed by atoms with van der Waals surface area (Å²) in [6.07, 6.45) is 5.27. The molecular formula is C18H31N3O6S. The second kappa shape index (κ2) is 12.4. The summed E-state index contributed by atoms with van der Waals surface area (Å²) in [5.41, 5.74) is 6.25. The summed E-state index contributed by atoms with van der Waals surface area (Å²) < 4.78 is 34.2. The highest BCUT2D eigenvalue weighted by atomic mass is 32.2. The number of ether oxygens (including phenoxy) is 1. The van der Waals surface area contributed by atoms with Crippen LogP contribution in [0.15, 0.2) is 24.5 Å². The van der Waals surface area contributed by atoms with Crippen LogP contribution in [0.4, 0.5) is 0 Å². The van der Waals surface area contributed by atoms with Crippen molar-refractivity contribution < 1.29 is 31.9 Å². The molecule has 0 unspecified atom stereocenters. The summed E-state index contributed by atoms with van der Waals surface area (Å²) >= 11 is 0. The lowest BCUT2D eigenvalue weighted by molar-refractivity contribution is -0.727. The molecule has 1 amide bonds. The summed E-state index contributed by atoms with van der Waals surface area (Å²) in [6, 6.07) is 3.49. The van der Waals surface area contributed by atoms with Crippen LogP contribution < -0.4 is 10.3 Å². The molecule has 1 aromatic heterocycles. The molecule has 0 aliphatic carbocycles. The van der Waals surface area contributed by atoms with E-state index in [1.54, 1.807) is 43.2 Å². The van der Waals surface area contributed by atoms with Gasteiger partial charge in [-0.1, -0.05) is 13.8 Å². The maximum Gasteiger partial charge on any atom is 0.310 e. The van der Waals surface area contributed by atoms with E-state index in [0.29, 0.717) is 30.7 Å². The number of nitrogens with zero attached hydrogens (tertiary/aromatic N) is 2. The van der Waals surface area contributed by atoms with Gasteiger partial charge < -0.3 is 19.9 Å². The van der Waals surface area contributed by atoms with Crippen molar-refractivity contribution >= 4 is 22.0 Å². The van der Waals surface area contributed by atoms with Gasteiger partial charge in [0.15, 0.2) is 12.4 Å². The highest BCUT2D eigenvalue weighted by Crippen LogP contribution is 2.14. The van der Waals surface area contributed by atoms with Crippen LogP contribution in [-0.4, -0.2) is 56.6 Å². The average Bonchev–Trinajstić information content (AvgIpc) is 2.57. The van der Waals surface area contributed by atoms with Gasteiger partial charge in [0.2, 0.25) is 0 Å². The zero-order chi connectivity index (χ0) is 21.9. The second-order valence-corrected chi connectivity index (χ2v) is 8.50. The first kappa shape index (κ1) is 26.0. The number of aromatic nitrogens is 1. The van der Waals surface area contributed by atoms with Crippen molar-refractivity contribution in [2.24, 2.45) is 17.6 Å². The molecule has 0 saturated carbocycles. The predicted molar refractivity (Wildman–Crippen MR) is 103 cm³/mol. The molecule has 2 N–H and O–H groups in total. The molecular weight excluding hydrogens is 386 g/mol. The van der Waals surface area contributed by atoms with Gasteiger partial charge >= 0.3 is 5.97 Å². The third kappa shape index (κ3) is 13.2. The molecule has 1 aromatic rings. The average molecular weight is 418 g/mol. The minimum Gasteiger partial charge on any atom is -0.748 e. The van der Waals surface area contributed by atoms with Crippen molar-refractivity contribution in [3.05, 3.63) is 30.1 Å². The number of rotatable bonds is 8. The number of carbonyl (C=O) groups is 2. The Morgan fingerprint density at radius 2 is 1.89 bits per heavy atom. The summed E-state index contributed by atoms with van der Waals surface area (Å²) in [6.45, 7) is 4.79. The van der Waals surface area contributed by atoms with Crippen molar-refractivity contribution in [2.45, 2.75) is 33.4 Å². The van der Waals surface area contributed by atoms with Crippen LogP contribution in [0.25, 0.3) is 0 Å². The minimum atomic E-state index is -3.92. The number of pyridine rings is 1. The van der Waals surface area contributed by atoms with Crippen molar-refractivity contribution in [2.75, 3.05) is 26.9 Å². The van der Waals surface area contributed by atoms with Gasteiger partial charge in [0.1, 0.15) is 5.56 Å². The SMILES string of the molecule is CC(C)C[C@H](CN)CC(=O)OC[n+]1cccc(C(=O)N(C)C)c1.CS(=O)(=O)[O-]. The highest BCUT2D eigenvalue weighted by Gasteiger charge is 2.17. The molecule has 1 rings (SSSR count). The van der Waals surface area contributed by atoms with Crippen molar-refractivity contribution in [3.8, 4) is 0 Å². The van der Waals surface area contributed by atoms with E-state index < -0.39 is 10.1 Å². The largest absolute Gasteiger partial charge is 0.748 e. The van der Waals surface area contributed by atoms with Gasteiger partial charge in [-0.3, -0.25) is 9.59 Å². The fraction of sp³-hybridized carbons (Fsp3) is 0.611. The van der Waals surface area contributed by atoms with Gasteiger partial charge in [-0.15, -0.1) is 0 Å². The van der Waals surface area contributed by atoms with Crippen molar-refractivity contribution in [3.63, 3.8) is 0 Å². The van der Waals surface area contributed by atoms with Crippen molar-refractivity contribution in [1.82, 2.24) is 4.90 Å². The Morgan fingerprint density at radius 3 is 2.36 bits per heavy atom. The molecule has 0 fully saturated rings. The number of hydrogen-bond donors (Lipinski definition) is 1. The van der Waals surface area contributed by atoms with Gasteiger partial charge in [-0.05, 0) is 30.9 Å². The molecule has 0 saturated heterocycles. The summed E-state index contributed by atoms with van der Waals surface area (Å²) in [4.78, 5) is 25.3. The first-order chi connectivity index (χ1) is 12.8. The standard InChI is InChI=1S/C17H28N3O3.CH4O3S/c1-13(2)8-14(10-18)9-16(21)23-12-20-7-5-6-15(11-20)17(22)19(3)4;1-5(2,3)4/h5-7,11,13-14H,8-10,12,18H2,1-4H3;1H3,(H,2,3,4)/q+1;/p-1/t14-;/m0./s1. The van der Waals surface area contributed by atoms with E-state index in [1.165, 1.54) is 4.90 Å². The van der Waals surface area contributed by atoms with E-state index in [4.69, 9.17) is 23.4 Å². The first-order valence-corrected chi connectivity index (χ1v) is 10.6. The molecule has 1 heterocycles. The fourth-order valence-corrected chi connectivity index (χ4v) is 2.36. The van der Waals surface area contributed by atoms with Crippen LogP contribution in [0, 0.1) is 11.8 Å². The second-order valence-electron chi connectivity index (χ2n) is 7.09. The molecule has 1 atom stereocenters. The zero-order valence-corrected chi connectivity index (χ0v) is 17.9. The third-order valence-electron chi connectivity index (χ3n) is 3.48. The van der Waals surface area contributed by atoms with Gasteiger partial charge in [-0.25, -0.2) is 8.42 Å². The lowest BCUT2D eigenvalue weighted by atomic mass is 9.94. The number of amides is 1. The van der Waals surface area contributed by atoms with E-state index in [0.717, 1.165) is 6.42 Å². The van der Waals surface area contributed by atoms with Crippen LogP contribution in [0.5, 0.6) is 0 Å². The Hall–Kier alpha value is -2.04. The Balaban J connectivity index is 0.00000129. The van der Waals surface area contributed by atoms with Gasteiger partial charge in [-0.2, -0.15) is 4.57 Å². The Kier molecular flexibility index (Phi) is 11.5. The smallest absolute Gasteiger partial charge is 0.310 e. The molecule has 0 bridgehead atoms. The predicted octanol–water partition coefficient (Wildman–Crippen LogP) is 0.349. The molecule has 10 heteroatoms. The number of esters is 1. The van der Waals surface area contributed by atoms with Crippen LogP contribution in [0.3, 0.4) is 0 Å². The molecule has 28 heavy (non-hydrogen) atoms. The maximum absolute atomic E-state index is 11.9. The Bertz CT molecular complexity index is 727. The molecule has 0 radical (unpaired) electrons. The molecule has 0 aliphatic rings. The Labute approximate surface area is 167 Å². The van der Waals surface area contributed by atoms with Gasteiger partial charge in [0.05, 0.1) is 10.1 Å². The number of nitrogens with two attached hydrogens (primary N) is 1. The summed E-state index contributed by atoms with van der Waals surface area (Å²) in [5.74, 6) is 0.289. The Morgan fingerprint density at radius 1 is 1.32 bits per heavy atom.